The lowest BCUT2D eigenvalue weighted by molar-refractivity contribution is -0.113. The summed E-state index contributed by atoms with van der Waals surface area (Å²) in [6, 6.07) is 19.2. The Balaban J connectivity index is 1.32. The van der Waals surface area contributed by atoms with Gasteiger partial charge in [-0.3, -0.25) is 9.59 Å². The predicted molar refractivity (Wildman–Crippen MR) is 128 cm³/mol. The van der Waals surface area contributed by atoms with Crippen LogP contribution in [-0.2, 0) is 11.8 Å². The van der Waals surface area contributed by atoms with Crippen molar-refractivity contribution in [3.63, 3.8) is 0 Å². The van der Waals surface area contributed by atoms with Crippen molar-refractivity contribution < 1.29 is 18.7 Å². The standard InChI is InChI=1S/C24H20FN5O3S/c1-30-15-26-29-24(30)34-14-22(31)27-19-6-2-4-16(12-19)23(32)28-18-8-10-20(11-9-18)33-21-7-3-5-17(25)13-21/h2-13,15H,14H2,1H3,(H,27,31)(H,28,32). The SMILES string of the molecule is Cn1cnnc1SCC(=O)Nc1cccc(C(=O)Nc2ccc(Oc3cccc(F)c3)cc2)c1. The molecule has 0 bridgehead atoms. The zero-order valence-corrected chi connectivity index (χ0v) is 18.9. The molecule has 0 saturated carbocycles. The molecule has 34 heavy (non-hydrogen) atoms. The third kappa shape index (κ3) is 6.20. The number of nitrogens with one attached hydrogen (secondary N) is 2. The second-order valence-corrected chi connectivity index (χ2v) is 8.12. The molecule has 1 aromatic heterocycles. The minimum absolute atomic E-state index is 0.160. The van der Waals surface area contributed by atoms with Crippen molar-refractivity contribution in [3.8, 4) is 11.5 Å². The number of ether oxygens (including phenoxy) is 1. The van der Waals surface area contributed by atoms with Crippen LogP contribution in [0.3, 0.4) is 0 Å². The molecule has 172 valence electrons. The van der Waals surface area contributed by atoms with Gasteiger partial charge in [-0.1, -0.05) is 23.9 Å². The number of benzene rings is 3. The first-order valence-corrected chi connectivity index (χ1v) is 11.2. The van der Waals surface area contributed by atoms with Gasteiger partial charge in [0.2, 0.25) is 5.91 Å². The van der Waals surface area contributed by atoms with Crippen LogP contribution >= 0.6 is 11.8 Å². The van der Waals surface area contributed by atoms with Gasteiger partial charge in [0, 0.05) is 30.1 Å². The normalized spacial score (nSPS) is 10.5. The fourth-order valence-electron chi connectivity index (χ4n) is 2.94. The Morgan fingerprint density at radius 2 is 1.76 bits per heavy atom. The van der Waals surface area contributed by atoms with Gasteiger partial charge < -0.3 is 19.9 Å². The lowest BCUT2D eigenvalue weighted by Crippen LogP contribution is -2.16. The van der Waals surface area contributed by atoms with Crippen LogP contribution in [-0.4, -0.2) is 32.3 Å². The quantitative estimate of drug-likeness (QED) is 0.356. The van der Waals surface area contributed by atoms with Crippen LogP contribution < -0.4 is 15.4 Å². The monoisotopic (exact) mass is 477 g/mol. The van der Waals surface area contributed by atoms with Crippen LogP contribution in [0.5, 0.6) is 11.5 Å². The van der Waals surface area contributed by atoms with Gasteiger partial charge in [0.25, 0.3) is 5.91 Å². The summed E-state index contributed by atoms with van der Waals surface area (Å²) in [6.45, 7) is 0. The third-order valence-corrected chi connectivity index (χ3v) is 5.59. The van der Waals surface area contributed by atoms with Gasteiger partial charge in [0.15, 0.2) is 5.16 Å². The summed E-state index contributed by atoms with van der Waals surface area (Å²) >= 11 is 1.26. The molecule has 0 aliphatic heterocycles. The van der Waals surface area contributed by atoms with Crippen molar-refractivity contribution in [1.82, 2.24) is 14.8 Å². The molecule has 2 N–H and O–H groups in total. The van der Waals surface area contributed by atoms with E-state index in [1.54, 1.807) is 78.6 Å². The summed E-state index contributed by atoms with van der Waals surface area (Å²) in [5.74, 6) is 0.109. The van der Waals surface area contributed by atoms with Crippen molar-refractivity contribution in [3.05, 3.63) is 90.5 Å². The molecule has 0 aliphatic rings. The van der Waals surface area contributed by atoms with E-state index in [9.17, 15) is 14.0 Å². The Bertz CT molecular complexity index is 1310. The smallest absolute Gasteiger partial charge is 0.255 e. The van der Waals surface area contributed by atoms with E-state index in [0.29, 0.717) is 33.6 Å². The third-order valence-electron chi connectivity index (χ3n) is 4.55. The predicted octanol–water partition coefficient (Wildman–Crippen LogP) is 4.73. The molecule has 0 spiro atoms. The van der Waals surface area contributed by atoms with Gasteiger partial charge >= 0.3 is 0 Å². The highest BCUT2D eigenvalue weighted by Gasteiger charge is 2.11. The van der Waals surface area contributed by atoms with E-state index < -0.39 is 0 Å². The second kappa shape index (κ2) is 10.6. The molecule has 1 heterocycles. The molecular formula is C24H20FN5O3S. The van der Waals surface area contributed by atoms with Crippen molar-refractivity contribution in [2.24, 2.45) is 7.05 Å². The van der Waals surface area contributed by atoms with Crippen LogP contribution in [0.25, 0.3) is 0 Å². The largest absolute Gasteiger partial charge is 0.457 e. The Morgan fingerprint density at radius 3 is 2.50 bits per heavy atom. The first-order valence-electron chi connectivity index (χ1n) is 10.2. The fraction of sp³-hybridized carbons (Fsp3) is 0.0833. The summed E-state index contributed by atoms with van der Waals surface area (Å²) in [4.78, 5) is 24.9. The van der Waals surface area contributed by atoms with E-state index >= 15 is 0 Å². The summed E-state index contributed by atoms with van der Waals surface area (Å²) in [5, 5.41) is 13.9. The lowest BCUT2D eigenvalue weighted by atomic mass is 10.2. The van der Waals surface area contributed by atoms with Crippen LogP contribution in [0, 0.1) is 5.82 Å². The number of aryl methyl sites for hydroxylation is 1. The molecule has 0 fully saturated rings. The van der Waals surface area contributed by atoms with Crippen LogP contribution in [0.15, 0.2) is 84.3 Å². The highest BCUT2D eigenvalue weighted by Crippen LogP contribution is 2.24. The minimum atomic E-state index is -0.385. The number of hydrogen-bond acceptors (Lipinski definition) is 6. The Kier molecular flexibility index (Phi) is 7.19. The molecule has 0 aliphatic carbocycles. The lowest BCUT2D eigenvalue weighted by Gasteiger charge is -2.10. The minimum Gasteiger partial charge on any atom is -0.457 e. The molecule has 0 saturated heterocycles. The number of hydrogen-bond donors (Lipinski definition) is 2. The number of aromatic nitrogens is 3. The Hall–Kier alpha value is -4.18. The van der Waals surface area contributed by atoms with Crippen molar-refractivity contribution >= 4 is 35.0 Å². The molecular weight excluding hydrogens is 457 g/mol. The van der Waals surface area contributed by atoms with Crippen LogP contribution in [0.1, 0.15) is 10.4 Å². The zero-order chi connectivity index (χ0) is 23.9. The van der Waals surface area contributed by atoms with Gasteiger partial charge in [-0.15, -0.1) is 10.2 Å². The van der Waals surface area contributed by atoms with Crippen molar-refractivity contribution in [1.29, 1.82) is 0 Å². The molecule has 2 amide bonds. The number of anilines is 2. The van der Waals surface area contributed by atoms with E-state index in [-0.39, 0.29) is 23.4 Å². The molecule has 10 heteroatoms. The number of rotatable bonds is 8. The van der Waals surface area contributed by atoms with Crippen molar-refractivity contribution in [2.75, 3.05) is 16.4 Å². The molecule has 3 aromatic carbocycles. The number of nitrogens with zero attached hydrogens (tertiary/aromatic N) is 3. The number of amides is 2. The van der Waals surface area contributed by atoms with Gasteiger partial charge in [-0.25, -0.2) is 4.39 Å². The first kappa shape index (κ1) is 23.0. The number of carbonyl (C=O) groups is 2. The topological polar surface area (TPSA) is 98.1 Å². The van der Waals surface area contributed by atoms with E-state index in [1.807, 2.05) is 0 Å². The van der Waals surface area contributed by atoms with Gasteiger partial charge in [-0.05, 0) is 54.6 Å². The summed E-state index contributed by atoms with van der Waals surface area (Å²) in [7, 11) is 1.80. The molecule has 0 atom stereocenters. The maximum absolute atomic E-state index is 13.3. The molecule has 4 aromatic rings. The second-order valence-electron chi connectivity index (χ2n) is 7.18. The maximum atomic E-state index is 13.3. The highest BCUT2D eigenvalue weighted by atomic mass is 32.2. The average molecular weight is 478 g/mol. The van der Waals surface area contributed by atoms with E-state index in [2.05, 4.69) is 20.8 Å². The summed E-state index contributed by atoms with van der Waals surface area (Å²) in [5.41, 5.74) is 1.46. The number of halogens is 1. The van der Waals surface area contributed by atoms with Crippen LogP contribution in [0.2, 0.25) is 0 Å². The zero-order valence-electron chi connectivity index (χ0n) is 18.1. The van der Waals surface area contributed by atoms with Gasteiger partial charge in [0.05, 0.1) is 5.75 Å². The van der Waals surface area contributed by atoms with E-state index in [4.69, 9.17) is 4.74 Å². The average Bonchev–Trinajstić information content (AvgIpc) is 3.24. The van der Waals surface area contributed by atoms with Gasteiger partial charge in [-0.2, -0.15) is 0 Å². The number of thioether (sulfide) groups is 1. The Morgan fingerprint density at radius 1 is 0.971 bits per heavy atom. The highest BCUT2D eigenvalue weighted by molar-refractivity contribution is 7.99. The fourth-order valence-corrected chi connectivity index (χ4v) is 3.63. The Labute approximate surface area is 199 Å². The first-order chi connectivity index (χ1) is 16.5. The molecule has 8 nitrogen and oxygen atoms in total. The van der Waals surface area contributed by atoms with Gasteiger partial charge in [0.1, 0.15) is 23.6 Å². The molecule has 0 radical (unpaired) electrons. The number of carbonyl (C=O) groups excluding carboxylic acids is 2. The van der Waals surface area contributed by atoms with Crippen LogP contribution in [0.4, 0.5) is 15.8 Å². The molecule has 4 rings (SSSR count). The maximum Gasteiger partial charge on any atom is 0.255 e. The summed E-state index contributed by atoms with van der Waals surface area (Å²) < 4.78 is 20.6. The molecule has 0 unspecified atom stereocenters. The van der Waals surface area contributed by atoms with Crippen molar-refractivity contribution in [2.45, 2.75) is 5.16 Å². The van der Waals surface area contributed by atoms with E-state index in [0.717, 1.165) is 0 Å². The van der Waals surface area contributed by atoms with E-state index in [1.165, 1.54) is 23.9 Å². The summed E-state index contributed by atoms with van der Waals surface area (Å²) in [6.07, 6.45) is 1.56.